The Hall–Kier alpha value is -1.68. The summed E-state index contributed by atoms with van der Waals surface area (Å²) >= 11 is 0. The fourth-order valence-electron chi connectivity index (χ4n) is 2.53. The van der Waals surface area contributed by atoms with Crippen LogP contribution < -0.4 is 5.32 Å². The second kappa shape index (κ2) is 4.90. The largest absolute Gasteiger partial charge is 0.332 e. The van der Waals surface area contributed by atoms with Crippen molar-refractivity contribution < 1.29 is 0 Å². The molecule has 1 aliphatic heterocycles. The van der Waals surface area contributed by atoms with Crippen molar-refractivity contribution in [2.45, 2.75) is 18.8 Å². The minimum absolute atomic E-state index is 0.548. The Morgan fingerprint density at radius 2 is 2.33 bits per heavy atom. The van der Waals surface area contributed by atoms with E-state index in [-0.39, 0.29) is 0 Å². The van der Waals surface area contributed by atoms with E-state index in [0.717, 1.165) is 24.5 Å². The highest BCUT2D eigenvalue weighted by Gasteiger charge is 2.17. The number of aryl methyl sites for hydroxylation is 1. The van der Waals surface area contributed by atoms with E-state index in [9.17, 15) is 0 Å². The number of hydrogen-bond acceptors (Lipinski definition) is 3. The van der Waals surface area contributed by atoms with E-state index >= 15 is 0 Å². The van der Waals surface area contributed by atoms with Crippen molar-refractivity contribution in [2.75, 3.05) is 13.1 Å². The maximum Gasteiger partial charge on any atom is 0.0948 e. The van der Waals surface area contributed by atoms with Crippen molar-refractivity contribution >= 4 is 0 Å². The van der Waals surface area contributed by atoms with Crippen molar-refractivity contribution in [3.63, 3.8) is 0 Å². The molecule has 18 heavy (non-hydrogen) atoms. The van der Waals surface area contributed by atoms with Gasteiger partial charge in [0, 0.05) is 25.2 Å². The Morgan fingerprint density at radius 3 is 3.06 bits per heavy atom. The van der Waals surface area contributed by atoms with Crippen LogP contribution in [-0.4, -0.2) is 27.6 Å². The number of pyridine rings is 1. The Kier molecular flexibility index (Phi) is 3.11. The third-order valence-corrected chi connectivity index (χ3v) is 3.56. The molecule has 1 fully saturated rings. The third kappa shape index (κ3) is 2.16. The zero-order chi connectivity index (χ0) is 12.4. The SMILES string of the molecule is Cn1cncc1-c1cccc(C2CCCNC2)n1. The van der Waals surface area contributed by atoms with Crippen LogP contribution in [-0.2, 0) is 7.05 Å². The van der Waals surface area contributed by atoms with Gasteiger partial charge >= 0.3 is 0 Å². The molecule has 0 bridgehead atoms. The first kappa shape index (κ1) is 11.4. The minimum atomic E-state index is 0.548. The molecule has 4 nitrogen and oxygen atoms in total. The van der Waals surface area contributed by atoms with E-state index in [2.05, 4.69) is 28.5 Å². The average Bonchev–Trinajstić information content (AvgIpc) is 2.86. The molecule has 0 aliphatic carbocycles. The van der Waals surface area contributed by atoms with Crippen LogP contribution in [0.15, 0.2) is 30.7 Å². The molecule has 1 saturated heterocycles. The van der Waals surface area contributed by atoms with Gasteiger partial charge in [-0.05, 0) is 31.5 Å². The Bertz CT molecular complexity index is 526. The highest BCUT2D eigenvalue weighted by atomic mass is 15.0. The van der Waals surface area contributed by atoms with Crippen molar-refractivity contribution in [1.29, 1.82) is 0 Å². The molecule has 0 amide bonds. The maximum absolute atomic E-state index is 4.80. The fourth-order valence-corrected chi connectivity index (χ4v) is 2.53. The molecule has 3 heterocycles. The van der Waals surface area contributed by atoms with Gasteiger partial charge < -0.3 is 9.88 Å². The van der Waals surface area contributed by atoms with Gasteiger partial charge in [-0.2, -0.15) is 0 Å². The molecule has 0 radical (unpaired) electrons. The molecule has 1 atom stereocenters. The number of aromatic nitrogens is 3. The summed E-state index contributed by atoms with van der Waals surface area (Å²) < 4.78 is 2.01. The van der Waals surface area contributed by atoms with Crippen LogP contribution in [0.1, 0.15) is 24.5 Å². The molecule has 4 heteroatoms. The minimum Gasteiger partial charge on any atom is -0.332 e. The number of nitrogens with zero attached hydrogens (tertiary/aromatic N) is 3. The normalized spacial score (nSPS) is 19.9. The molecule has 1 N–H and O–H groups in total. The standard InChI is InChI=1S/C14H18N4/c1-18-10-16-9-14(18)13-6-2-5-12(17-13)11-4-3-7-15-8-11/h2,5-6,9-11,15H,3-4,7-8H2,1H3. The number of hydrogen-bond donors (Lipinski definition) is 1. The van der Waals surface area contributed by atoms with Gasteiger partial charge in [0.25, 0.3) is 0 Å². The lowest BCUT2D eigenvalue weighted by molar-refractivity contribution is 0.455. The Morgan fingerprint density at radius 1 is 1.39 bits per heavy atom. The van der Waals surface area contributed by atoms with E-state index in [1.165, 1.54) is 18.5 Å². The Labute approximate surface area is 107 Å². The van der Waals surface area contributed by atoms with Crippen LogP contribution >= 0.6 is 0 Å². The second-order valence-electron chi connectivity index (χ2n) is 4.88. The highest BCUT2D eigenvalue weighted by Crippen LogP contribution is 2.24. The molecule has 1 unspecified atom stereocenters. The van der Waals surface area contributed by atoms with Crippen LogP contribution in [0.2, 0.25) is 0 Å². The third-order valence-electron chi connectivity index (χ3n) is 3.56. The predicted octanol–water partition coefficient (Wildman–Crippen LogP) is 1.95. The number of nitrogens with one attached hydrogen (secondary N) is 1. The molecule has 2 aromatic rings. The van der Waals surface area contributed by atoms with E-state index in [4.69, 9.17) is 4.98 Å². The van der Waals surface area contributed by atoms with Crippen LogP contribution in [0.3, 0.4) is 0 Å². The number of piperidine rings is 1. The van der Waals surface area contributed by atoms with Gasteiger partial charge in [-0.25, -0.2) is 4.98 Å². The van der Waals surface area contributed by atoms with Crippen LogP contribution in [0.25, 0.3) is 11.4 Å². The van der Waals surface area contributed by atoms with Gasteiger partial charge in [0.1, 0.15) is 0 Å². The second-order valence-corrected chi connectivity index (χ2v) is 4.88. The zero-order valence-electron chi connectivity index (χ0n) is 10.6. The van der Waals surface area contributed by atoms with Gasteiger partial charge in [-0.3, -0.25) is 4.98 Å². The quantitative estimate of drug-likeness (QED) is 0.875. The van der Waals surface area contributed by atoms with Crippen molar-refractivity contribution in [3.05, 3.63) is 36.4 Å². The lowest BCUT2D eigenvalue weighted by atomic mass is 9.95. The molecule has 0 aromatic carbocycles. The van der Waals surface area contributed by atoms with Crippen molar-refractivity contribution in [2.24, 2.45) is 7.05 Å². The topological polar surface area (TPSA) is 42.7 Å². The summed E-state index contributed by atoms with van der Waals surface area (Å²) in [6, 6.07) is 6.29. The van der Waals surface area contributed by atoms with Crippen LogP contribution in [0.5, 0.6) is 0 Å². The molecular formula is C14H18N4. The van der Waals surface area contributed by atoms with E-state index in [0.29, 0.717) is 5.92 Å². The first-order valence-corrected chi connectivity index (χ1v) is 6.49. The lowest BCUT2D eigenvalue weighted by Crippen LogP contribution is -2.28. The van der Waals surface area contributed by atoms with E-state index < -0.39 is 0 Å². The zero-order valence-corrected chi connectivity index (χ0v) is 10.6. The van der Waals surface area contributed by atoms with Crippen molar-refractivity contribution in [1.82, 2.24) is 19.9 Å². The maximum atomic E-state index is 4.80. The summed E-state index contributed by atoms with van der Waals surface area (Å²) in [5, 5.41) is 3.44. The average molecular weight is 242 g/mol. The molecule has 94 valence electrons. The van der Waals surface area contributed by atoms with Gasteiger partial charge in [0.15, 0.2) is 0 Å². The van der Waals surface area contributed by atoms with Gasteiger partial charge in [0.05, 0.1) is 23.9 Å². The molecule has 0 saturated carbocycles. The summed E-state index contributed by atoms with van der Waals surface area (Å²) in [6.07, 6.45) is 6.15. The summed E-state index contributed by atoms with van der Waals surface area (Å²) in [4.78, 5) is 8.95. The number of imidazole rings is 1. The van der Waals surface area contributed by atoms with E-state index in [1.807, 2.05) is 24.1 Å². The molecular weight excluding hydrogens is 224 g/mol. The lowest BCUT2D eigenvalue weighted by Gasteiger charge is -2.22. The molecule has 2 aromatic heterocycles. The predicted molar refractivity (Wildman–Crippen MR) is 71.3 cm³/mol. The van der Waals surface area contributed by atoms with Crippen LogP contribution in [0.4, 0.5) is 0 Å². The molecule has 0 spiro atoms. The number of rotatable bonds is 2. The highest BCUT2D eigenvalue weighted by molar-refractivity contribution is 5.53. The Balaban J connectivity index is 1.91. The van der Waals surface area contributed by atoms with Gasteiger partial charge in [0.2, 0.25) is 0 Å². The first-order chi connectivity index (χ1) is 8.84. The summed E-state index contributed by atoms with van der Waals surface area (Å²) in [7, 11) is 2.00. The van der Waals surface area contributed by atoms with E-state index in [1.54, 1.807) is 0 Å². The smallest absolute Gasteiger partial charge is 0.0948 e. The van der Waals surface area contributed by atoms with Gasteiger partial charge in [-0.15, -0.1) is 0 Å². The molecule has 1 aliphatic rings. The van der Waals surface area contributed by atoms with Crippen molar-refractivity contribution in [3.8, 4) is 11.4 Å². The first-order valence-electron chi connectivity index (χ1n) is 6.49. The summed E-state index contributed by atoms with van der Waals surface area (Å²) in [5.41, 5.74) is 3.28. The summed E-state index contributed by atoms with van der Waals surface area (Å²) in [5.74, 6) is 0.548. The van der Waals surface area contributed by atoms with Gasteiger partial charge in [-0.1, -0.05) is 6.07 Å². The van der Waals surface area contributed by atoms with Crippen LogP contribution in [0, 0.1) is 0 Å². The monoisotopic (exact) mass is 242 g/mol. The summed E-state index contributed by atoms with van der Waals surface area (Å²) in [6.45, 7) is 2.18. The fraction of sp³-hybridized carbons (Fsp3) is 0.429. The molecule has 3 rings (SSSR count).